The number of carbonyl (C=O) groups is 1. The number of carbonyl (C=O) groups excluding carboxylic acids is 1. The van der Waals surface area contributed by atoms with Crippen molar-refractivity contribution in [3.8, 4) is 10.7 Å². The van der Waals surface area contributed by atoms with Crippen LogP contribution in [0.1, 0.15) is 28.2 Å². The van der Waals surface area contributed by atoms with E-state index in [-0.39, 0.29) is 5.91 Å². The van der Waals surface area contributed by atoms with Crippen molar-refractivity contribution in [1.82, 2.24) is 30.0 Å². The highest BCUT2D eigenvalue weighted by molar-refractivity contribution is 7.14. The van der Waals surface area contributed by atoms with Crippen LogP contribution in [0.5, 0.6) is 0 Å². The molecule has 0 saturated carbocycles. The van der Waals surface area contributed by atoms with Crippen molar-refractivity contribution in [3.05, 3.63) is 53.4 Å². The predicted molar refractivity (Wildman–Crippen MR) is 134 cm³/mol. The highest BCUT2D eigenvalue weighted by atomic mass is 32.1. The topological polar surface area (TPSA) is 100 Å². The third kappa shape index (κ3) is 4.73. The van der Waals surface area contributed by atoms with E-state index in [0.717, 1.165) is 58.2 Å². The molecule has 0 radical (unpaired) electrons. The summed E-state index contributed by atoms with van der Waals surface area (Å²) in [5.41, 5.74) is 1.30. The Bertz CT molecular complexity index is 1330. The molecule has 9 nitrogen and oxygen atoms in total. The molecule has 4 aromatic rings. The third-order valence-electron chi connectivity index (χ3n) is 6.19. The van der Waals surface area contributed by atoms with Gasteiger partial charge in [0.25, 0.3) is 5.91 Å². The summed E-state index contributed by atoms with van der Waals surface area (Å²) < 4.78 is 0. The number of aromatic nitrogens is 5. The third-order valence-corrected chi connectivity index (χ3v) is 7.06. The van der Waals surface area contributed by atoms with E-state index in [1.54, 1.807) is 24.7 Å². The van der Waals surface area contributed by atoms with Crippen LogP contribution in [-0.4, -0.2) is 69.2 Å². The Kier molecular flexibility index (Phi) is 6.16. The Morgan fingerprint density at radius 2 is 1.88 bits per heavy atom. The molecule has 4 aromatic heterocycles. The lowest BCUT2D eigenvalue weighted by molar-refractivity contribution is 0.102. The van der Waals surface area contributed by atoms with Gasteiger partial charge in [-0.1, -0.05) is 11.3 Å². The van der Waals surface area contributed by atoms with Gasteiger partial charge >= 0.3 is 0 Å². The monoisotopic (exact) mass is 474 g/mol. The molecule has 1 amide bonds. The van der Waals surface area contributed by atoms with E-state index in [1.807, 2.05) is 25.1 Å². The maximum atomic E-state index is 13.0. The van der Waals surface area contributed by atoms with Crippen LogP contribution in [0.15, 0.2) is 42.9 Å². The van der Waals surface area contributed by atoms with Crippen LogP contribution >= 0.6 is 11.3 Å². The number of hydrogen-bond acceptors (Lipinski definition) is 9. The standard InChI is InChI=1S/C24H26N8OS/c1-15-29-30-24(34-15)20-10-17-11-21(27-14-18(17)13-26-20)28-23(33)16-4-7-25-22(12-16)32(3)19-5-8-31(2)9-6-19/h4,7,10-14,19H,5-6,8-9H2,1-3H3,(H,27,28,33). The van der Waals surface area contributed by atoms with E-state index in [4.69, 9.17) is 0 Å². The molecule has 0 bridgehead atoms. The van der Waals surface area contributed by atoms with Crippen LogP contribution in [-0.2, 0) is 0 Å². The Morgan fingerprint density at radius 3 is 2.65 bits per heavy atom. The van der Waals surface area contributed by atoms with Crippen molar-refractivity contribution in [1.29, 1.82) is 0 Å². The van der Waals surface area contributed by atoms with Gasteiger partial charge < -0.3 is 15.1 Å². The van der Waals surface area contributed by atoms with Gasteiger partial charge in [-0.3, -0.25) is 9.78 Å². The average molecular weight is 475 g/mol. The number of pyridine rings is 3. The number of fused-ring (bicyclic) bond motifs is 1. The number of anilines is 2. The van der Waals surface area contributed by atoms with Gasteiger partial charge in [-0.15, -0.1) is 10.2 Å². The van der Waals surface area contributed by atoms with E-state index in [2.05, 4.69) is 54.4 Å². The molecule has 1 N–H and O–H groups in total. The van der Waals surface area contributed by atoms with Gasteiger partial charge in [0, 0.05) is 42.6 Å². The zero-order chi connectivity index (χ0) is 23.7. The lowest BCUT2D eigenvalue weighted by atomic mass is 10.0. The number of nitrogens with zero attached hydrogens (tertiary/aromatic N) is 7. The second kappa shape index (κ2) is 9.40. The molecule has 34 heavy (non-hydrogen) atoms. The number of amides is 1. The smallest absolute Gasteiger partial charge is 0.257 e. The van der Waals surface area contributed by atoms with Crippen molar-refractivity contribution < 1.29 is 4.79 Å². The molecule has 1 fully saturated rings. The van der Waals surface area contributed by atoms with Gasteiger partial charge in [0.1, 0.15) is 22.3 Å². The van der Waals surface area contributed by atoms with Gasteiger partial charge in [-0.2, -0.15) is 0 Å². The number of aryl methyl sites for hydroxylation is 1. The lowest BCUT2D eigenvalue weighted by Crippen LogP contribution is -2.42. The Balaban J connectivity index is 1.33. The Labute approximate surface area is 201 Å². The molecule has 0 unspecified atom stereocenters. The minimum Gasteiger partial charge on any atom is -0.357 e. The number of nitrogens with one attached hydrogen (secondary N) is 1. The molecule has 0 aromatic carbocycles. The first kappa shape index (κ1) is 22.3. The van der Waals surface area contributed by atoms with E-state index in [1.165, 1.54) is 11.3 Å². The summed E-state index contributed by atoms with van der Waals surface area (Å²) in [7, 11) is 4.20. The quantitative estimate of drug-likeness (QED) is 0.468. The minimum atomic E-state index is -0.221. The fraction of sp³-hybridized carbons (Fsp3) is 0.333. The molecule has 10 heteroatoms. The Morgan fingerprint density at radius 1 is 1.09 bits per heavy atom. The summed E-state index contributed by atoms with van der Waals surface area (Å²) in [5, 5.41) is 14.6. The first-order valence-corrected chi connectivity index (χ1v) is 12.0. The van der Waals surface area contributed by atoms with Crippen molar-refractivity contribution in [2.45, 2.75) is 25.8 Å². The van der Waals surface area contributed by atoms with Crippen LogP contribution in [0.25, 0.3) is 21.5 Å². The molecule has 5 heterocycles. The fourth-order valence-electron chi connectivity index (χ4n) is 4.13. The lowest BCUT2D eigenvalue weighted by Gasteiger charge is -2.35. The second-order valence-corrected chi connectivity index (χ2v) is 9.80. The molecule has 1 aliphatic rings. The molecule has 0 atom stereocenters. The summed E-state index contributed by atoms with van der Waals surface area (Å²) in [6.45, 7) is 4.05. The van der Waals surface area contributed by atoms with Crippen molar-refractivity contribution in [2.75, 3.05) is 37.4 Å². The molecule has 1 saturated heterocycles. The van der Waals surface area contributed by atoms with E-state index < -0.39 is 0 Å². The van der Waals surface area contributed by atoms with Gasteiger partial charge in [-0.05, 0) is 69.6 Å². The number of piperidine rings is 1. The summed E-state index contributed by atoms with van der Waals surface area (Å²) in [6, 6.07) is 7.77. The molecule has 1 aliphatic heterocycles. The van der Waals surface area contributed by atoms with Gasteiger partial charge in [0.2, 0.25) is 0 Å². The van der Waals surface area contributed by atoms with Gasteiger partial charge in [0.05, 0.1) is 0 Å². The summed E-state index contributed by atoms with van der Waals surface area (Å²) in [5.74, 6) is 1.06. The number of hydrogen-bond donors (Lipinski definition) is 1. The average Bonchev–Trinajstić information content (AvgIpc) is 3.30. The zero-order valence-corrected chi connectivity index (χ0v) is 20.2. The molecule has 0 aliphatic carbocycles. The first-order valence-electron chi connectivity index (χ1n) is 11.2. The highest BCUT2D eigenvalue weighted by Crippen LogP contribution is 2.26. The predicted octanol–water partition coefficient (Wildman–Crippen LogP) is 3.63. The normalized spacial score (nSPS) is 14.9. The van der Waals surface area contributed by atoms with Crippen LogP contribution in [0, 0.1) is 6.92 Å². The Hall–Kier alpha value is -3.50. The van der Waals surface area contributed by atoms with E-state index >= 15 is 0 Å². The highest BCUT2D eigenvalue weighted by Gasteiger charge is 2.22. The maximum Gasteiger partial charge on any atom is 0.257 e. The minimum absolute atomic E-state index is 0.221. The van der Waals surface area contributed by atoms with Crippen LogP contribution < -0.4 is 10.2 Å². The van der Waals surface area contributed by atoms with Crippen molar-refractivity contribution >= 4 is 39.7 Å². The maximum absolute atomic E-state index is 13.0. The molecule has 174 valence electrons. The molecular formula is C24H26N8OS. The second-order valence-electron chi connectivity index (χ2n) is 8.61. The fourth-order valence-corrected chi connectivity index (χ4v) is 4.79. The van der Waals surface area contributed by atoms with Crippen LogP contribution in [0.3, 0.4) is 0 Å². The van der Waals surface area contributed by atoms with E-state index in [0.29, 0.717) is 17.4 Å². The van der Waals surface area contributed by atoms with Gasteiger partial charge in [-0.25, -0.2) is 9.97 Å². The van der Waals surface area contributed by atoms with Crippen molar-refractivity contribution in [3.63, 3.8) is 0 Å². The van der Waals surface area contributed by atoms with Crippen LogP contribution in [0.4, 0.5) is 11.6 Å². The number of rotatable bonds is 5. The van der Waals surface area contributed by atoms with Gasteiger partial charge in [0.15, 0.2) is 5.01 Å². The molecule has 0 spiro atoms. The van der Waals surface area contributed by atoms with E-state index in [9.17, 15) is 4.79 Å². The molecular weight excluding hydrogens is 448 g/mol. The zero-order valence-electron chi connectivity index (χ0n) is 19.4. The first-order chi connectivity index (χ1) is 16.5. The largest absolute Gasteiger partial charge is 0.357 e. The van der Waals surface area contributed by atoms with Crippen molar-refractivity contribution in [2.24, 2.45) is 0 Å². The summed E-state index contributed by atoms with van der Waals surface area (Å²) in [6.07, 6.45) is 7.32. The summed E-state index contributed by atoms with van der Waals surface area (Å²) >= 11 is 1.49. The SMILES string of the molecule is Cc1nnc(-c2cc3cc(NC(=O)c4ccnc(N(C)C5CCN(C)CC5)c4)ncc3cn2)s1. The summed E-state index contributed by atoms with van der Waals surface area (Å²) in [4.78, 5) is 30.9. The van der Waals surface area contributed by atoms with Crippen LogP contribution in [0.2, 0.25) is 0 Å². The molecule has 5 rings (SSSR count). The number of likely N-dealkylation sites (tertiary alicyclic amines) is 1.